The average Bonchev–Trinajstić information content (AvgIpc) is 4.21. The molecule has 0 heterocycles. The number of hydrogen-bond donors (Lipinski definition) is 8. The second kappa shape index (κ2) is 22.1. The minimum absolute atomic E-state index is 0.0541. The summed E-state index contributed by atoms with van der Waals surface area (Å²) < 4.78 is 0. The third-order valence-electron chi connectivity index (χ3n) is 25.5. The number of aliphatic hydroxyl groups excluding tert-OH is 6. The number of rotatable bonds is 6. The van der Waals surface area contributed by atoms with E-state index in [1.54, 1.807) is 6.08 Å². The van der Waals surface area contributed by atoms with Crippen molar-refractivity contribution >= 4 is 40.7 Å². The highest BCUT2D eigenvalue weighted by Crippen LogP contribution is 2.70. The van der Waals surface area contributed by atoms with E-state index >= 15 is 0 Å². The minimum atomic E-state index is -1.54. The Bertz CT molecular complexity index is 2490. The molecule has 9 saturated carbocycles. The van der Waals surface area contributed by atoms with Gasteiger partial charge in [0.15, 0.2) is 34.7 Å². The summed E-state index contributed by atoms with van der Waals surface area (Å²) in [6.45, 7) is 12.6. The van der Waals surface area contributed by atoms with Gasteiger partial charge in [0.1, 0.15) is 25.4 Å². The maximum absolute atomic E-state index is 12.4. The molecule has 15 nitrogen and oxygen atoms in total. The third-order valence-corrected chi connectivity index (χ3v) is 25.5. The Morgan fingerprint density at radius 3 is 1.15 bits per heavy atom. The Balaban J connectivity index is 0.000000140. The van der Waals surface area contributed by atoms with Crippen molar-refractivity contribution in [3.8, 4) is 0 Å². The molecule has 0 unspecified atom stereocenters. The fourth-order valence-electron chi connectivity index (χ4n) is 21.9. The fourth-order valence-corrected chi connectivity index (χ4v) is 21.9. The Kier molecular flexibility index (Phi) is 16.9. The average molecular weight is 1120 g/mol. The van der Waals surface area contributed by atoms with E-state index in [1.165, 1.54) is 16.7 Å². The van der Waals surface area contributed by atoms with Crippen molar-refractivity contribution in [2.45, 2.75) is 207 Å². The smallest absolute Gasteiger partial charge is 0.300 e. The van der Waals surface area contributed by atoms with Gasteiger partial charge in [0, 0.05) is 43.4 Å². The van der Waals surface area contributed by atoms with Gasteiger partial charge in [0.2, 0.25) is 0 Å². The lowest BCUT2D eigenvalue weighted by Gasteiger charge is -2.60. The molecular formula is C65H94O15. The molecule has 15 heteroatoms. The molecule has 0 aromatic rings. The molecule has 0 bridgehead atoms. The normalized spacial score (nSPS) is 47.4. The fraction of sp³-hybridized carbons (Fsp3) is 0.800. The third kappa shape index (κ3) is 9.70. The zero-order valence-electron chi connectivity index (χ0n) is 48.7. The SMILES string of the molecule is CC(=O)O.C[C@]12CCC(=O)C=C1CC[C@@H]1[C@@H]2[C@@H](O)C[C@@]2(C)[C@H]1CC[C@]2(O)C(=O)CO.C[C@]12C[C@H](O)[C@H]3[C@@H](CCC4=CC(=O)CC[C@@]43C)[C@@H]1CC[C@@H]2C(=O)CO.C[C@]12C[C@H](O)[C@H]3[C@@H](CCC4=CC(=O)CC[C@@]43C)[C@@H]1CC[C@@H]2C(=O)CO. The number of aliphatic carboxylic acids is 1. The van der Waals surface area contributed by atoms with Gasteiger partial charge in [-0.25, -0.2) is 0 Å². The van der Waals surface area contributed by atoms with Crippen LogP contribution in [0.3, 0.4) is 0 Å². The molecule has 12 aliphatic carbocycles. The zero-order chi connectivity index (χ0) is 58.4. The van der Waals surface area contributed by atoms with Crippen LogP contribution >= 0.6 is 0 Å². The van der Waals surface area contributed by atoms with Crippen LogP contribution < -0.4 is 0 Å². The molecular weight excluding hydrogens is 1020 g/mol. The Hall–Kier alpha value is -3.57. The van der Waals surface area contributed by atoms with Crippen LogP contribution in [0.5, 0.6) is 0 Å². The second-order valence-electron chi connectivity index (χ2n) is 28.9. The summed E-state index contributed by atoms with van der Waals surface area (Å²) in [7, 11) is 0. The number of carboxylic acids is 1. The predicted octanol–water partition coefficient (Wildman–Crippen LogP) is 7.21. The lowest BCUT2D eigenvalue weighted by molar-refractivity contribution is -0.182. The summed E-state index contributed by atoms with van der Waals surface area (Å²) in [5, 5.41) is 80.2. The molecule has 0 spiro atoms. The molecule has 12 rings (SSSR count). The molecule has 0 aromatic carbocycles. The molecule has 0 radical (unpaired) electrons. The number of Topliss-reactive ketones (excluding diaryl/α,β-unsaturated/α-hetero) is 3. The monoisotopic (exact) mass is 1110 g/mol. The van der Waals surface area contributed by atoms with Crippen LogP contribution in [0.1, 0.15) is 183 Å². The molecule has 8 N–H and O–H groups in total. The maximum atomic E-state index is 12.4. The minimum Gasteiger partial charge on any atom is -0.481 e. The van der Waals surface area contributed by atoms with Crippen LogP contribution in [0.25, 0.3) is 0 Å². The Labute approximate surface area is 472 Å². The van der Waals surface area contributed by atoms with Crippen molar-refractivity contribution in [3.05, 3.63) is 34.9 Å². The van der Waals surface area contributed by atoms with E-state index in [0.29, 0.717) is 68.6 Å². The number of hydrogen-bond acceptors (Lipinski definition) is 14. The second-order valence-corrected chi connectivity index (χ2v) is 28.9. The van der Waals surface area contributed by atoms with E-state index < -0.39 is 47.7 Å². The van der Waals surface area contributed by atoms with Crippen molar-refractivity contribution < 1.29 is 74.4 Å². The van der Waals surface area contributed by atoms with Gasteiger partial charge in [0.05, 0.1) is 18.3 Å². The zero-order valence-corrected chi connectivity index (χ0v) is 48.7. The van der Waals surface area contributed by atoms with Crippen LogP contribution in [-0.4, -0.2) is 125 Å². The summed E-state index contributed by atoms with van der Waals surface area (Å²) >= 11 is 0. The summed E-state index contributed by atoms with van der Waals surface area (Å²) in [5.41, 5.74) is 0.727. The first-order chi connectivity index (χ1) is 37.5. The van der Waals surface area contributed by atoms with E-state index in [4.69, 9.17) is 9.90 Å². The van der Waals surface area contributed by atoms with E-state index in [9.17, 15) is 64.5 Å². The van der Waals surface area contributed by atoms with Crippen LogP contribution in [0.4, 0.5) is 0 Å². The predicted molar refractivity (Wildman–Crippen MR) is 296 cm³/mol. The number of carboxylic acid groups (broad SMARTS) is 1. The van der Waals surface area contributed by atoms with Gasteiger partial charge < -0.3 is 40.9 Å². The highest BCUT2D eigenvalue weighted by molar-refractivity contribution is 5.93. The van der Waals surface area contributed by atoms with Gasteiger partial charge in [-0.1, -0.05) is 58.3 Å². The molecule has 0 aromatic heterocycles. The largest absolute Gasteiger partial charge is 0.481 e. The van der Waals surface area contributed by atoms with E-state index in [2.05, 4.69) is 34.6 Å². The number of carbonyl (C=O) groups is 7. The number of carbonyl (C=O) groups excluding carboxylic acids is 6. The molecule has 9 fully saturated rings. The standard InChI is InChI=1S/C21H30O5.2C21H30O4.C2H4O2/c1-19-7-5-13(23)9-12(19)3-4-14-15-6-8-21(26,17(25)11-22)20(15,2)10-16(24)18(14)19;2*1-20-8-7-13(23)9-12(20)3-4-14-15-5-6-16(18(25)11-22)21(15,2)10-17(24)19(14)20;1-2(3)4/h9,14-16,18,22,24,26H,3-8,10-11H2,1-2H3;2*9,14-17,19,22,24H,3-8,10-11H2,1-2H3;1H3,(H,3,4)/t14-,15-,16-,18+,19-,20-,21-;2*14-,15-,16+,17-,19+,20-,21-;/m000./s1. The molecule has 444 valence electrons. The molecule has 0 saturated heterocycles. The number of allylic oxidation sites excluding steroid dienone is 3. The topological polar surface area (TPSA) is 281 Å². The van der Waals surface area contributed by atoms with Gasteiger partial charge >= 0.3 is 0 Å². The summed E-state index contributed by atoms with van der Waals surface area (Å²) in [6.07, 6.45) is 20.4. The molecule has 12 aliphatic rings. The first-order valence-electron chi connectivity index (χ1n) is 30.6. The van der Waals surface area contributed by atoms with Crippen LogP contribution in [0, 0.1) is 97.6 Å². The number of aliphatic hydroxyl groups is 7. The van der Waals surface area contributed by atoms with Crippen molar-refractivity contribution in [2.24, 2.45) is 97.6 Å². The lowest BCUT2D eigenvalue weighted by atomic mass is 9.45. The quantitative estimate of drug-likeness (QED) is 0.131. The highest BCUT2D eigenvalue weighted by atomic mass is 16.4. The van der Waals surface area contributed by atoms with Crippen LogP contribution in [0.15, 0.2) is 34.9 Å². The molecule has 80 heavy (non-hydrogen) atoms. The maximum Gasteiger partial charge on any atom is 0.300 e. The van der Waals surface area contributed by atoms with E-state index in [-0.39, 0.29) is 111 Å². The summed E-state index contributed by atoms with van der Waals surface area (Å²) in [4.78, 5) is 81.6. The van der Waals surface area contributed by atoms with Crippen molar-refractivity contribution in [2.75, 3.05) is 19.8 Å². The highest BCUT2D eigenvalue weighted by Gasteiger charge is 2.69. The molecule has 21 atom stereocenters. The first-order valence-corrected chi connectivity index (χ1v) is 30.6. The number of fused-ring (bicyclic) bond motifs is 15. The van der Waals surface area contributed by atoms with Gasteiger partial charge in [-0.3, -0.25) is 33.6 Å². The molecule has 0 aliphatic heterocycles. The first kappa shape index (κ1) is 61.0. The van der Waals surface area contributed by atoms with E-state index in [1.807, 2.05) is 19.1 Å². The summed E-state index contributed by atoms with van der Waals surface area (Å²) in [6, 6.07) is 0. The van der Waals surface area contributed by atoms with Gasteiger partial charge in [0.25, 0.3) is 5.97 Å². The van der Waals surface area contributed by atoms with Crippen LogP contribution in [-0.2, 0) is 33.6 Å². The number of ketones is 6. The Morgan fingerprint density at radius 2 is 0.812 bits per heavy atom. The van der Waals surface area contributed by atoms with E-state index in [0.717, 1.165) is 96.8 Å². The van der Waals surface area contributed by atoms with Crippen LogP contribution in [0.2, 0.25) is 0 Å². The van der Waals surface area contributed by atoms with Crippen molar-refractivity contribution in [1.82, 2.24) is 0 Å². The van der Waals surface area contributed by atoms with Gasteiger partial charge in [-0.2, -0.15) is 0 Å². The summed E-state index contributed by atoms with van der Waals surface area (Å²) in [5.74, 6) is 1.54. The van der Waals surface area contributed by atoms with Gasteiger partial charge in [-0.15, -0.1) is 0 Å². The lowest BCUT2D eigenvalue weighted by Crippen LogP contribution is -2.62. The Morgan fingerprint density at radius 1 is 0.475 bits per heavy atom. The van der Waals surface area contributed by atoms with Crippen molar-refractivity contribution in [1.29, 1.82) is 0 Å². The van der Waals surface area contributed by atoms with Gasteiger partial charge in [-0.05, 0) is 214 Å². The van der Waals surface area contributed by atoms with Crippen molar-refractivity contribution in [3.63, 3.8) is 0 Å². The molecule has 0 amide bonds.